The van der Waals surface area contributed by atoms with Crippen LogP contribution >= 0.6 is 0 Å². The predicted molar refractivity (Wildman–Crippen MR) is 108 cm³/mol. The van der Waals surface area contributed by atoms with Crippen molar-refractivity contribution in [2.45, 2.75) is 110 Å². The molecule has 0 radical (unpaired) electrons. The van der Waals surface area contributed by atoms with Crippen LogP contribution in [0.25, 0.3) is 0 Å². The molecule has 3 nitrogen and oxygen atoms in total. The molecule has 1 N–H and O–H groups in total. The summed E-state index contributed by atoms with van der Waals surface area (Å²) in [5.41, 5.74) is 0. The van der Waals surface area contributed by atoms with E-state index in [2.05, 4.69) is 12.2 Å². The maximum absolute atomic E-state index is 8.67. The second kappa shape index (κ2) is 21.7. The molecule has 0 aromatic rings. The predicted octanol–water partition coefficient (Wildman–Crippen LogP) is 6.40. The zero-order valence-electron chi connectivity index (χ0n) is 17.0. The van der Waals surface area contributed by atoms with E-state index >= 15 is 0 Å². The monoisotopic (exact) mass is 356 g/mol. The first kappa shape index (κ1) is 24.6. The number of unbranched alkanes of at least 4 members (excludes halogenated alkanes) is 11. The Labute approximate surface area is 157 Å². The Morgan fingerprint density at radius 1 is 0.640 bits per heavy atom. The third-order valence-electron chi connectivity index (χ3n) is 4.48. The minimum atomic E-state index is 0.0140. The quantitative estimate of drug-likeness (QED) is 0.156. The highest BCUT2D eigenvalue weighted by atomic mass is 16.7. The number of aliphatic hydroxyl groups excluding tert-OH is 1. The Hall–Kier alpha value is -0.380. The highest BCUT2D eigenvalue weighted by molar-refractivity contribution is 4.80. The topological polar surface area (TPSA) is 38.7 Å². The van der Waals surface area contributed by atoms with Gasteiger partial charge < -0.3 is 14.6 Å². The first-order valence-corrected chi connectivity index (χ1v) is 10.8. The summed E-state index contributed by atoms with van der Waals surface area (Å²) in [4.78, 5) is 0. The summed E-state index contributed by atoms with van der Waals surface area (Å²) in [5.74, 6) is 0. The summed E-state index contributed by atoms with van der Waals surface area (Å²) < 4.78 is 11.1. The molecular weight excluding hydrogens is 312 g/mol. The maximum atomic E-state index is 8.67. The molecule has 0 fully saturated rings. The number of hydrogen-bond donors (Lipinski definition) is 1. The molecule has 0 aromatic heterocycles. The molecule has 0 aliphatic heterocycles. The van der Waals surface area contributed by atoms with Crippen LogP contribution in [0.2, 0.25) is 0 Å². The van der Waals surface area contributed by atoms with Crippen LogP contribution in [0.15, 0.2) is 12.2 Å². The lowest BCUT2D eigenvalue weighted by Crippen LogP contribution is -2.17. The van der Waals surface area contributed by atoms with Gasteiger partial charge in [0.15, 0.2) is 6.29 Å². The minimum absolute atomic E-state index is 0.0140. The summed E-state index contributed by atoms with van der Waals surface area (Å²) in [7, 11) is 0. The van der Waals surface area contributed by atoms with Crippen LogP contribution in [0.1, 0.15) is 104 Å². The van der Waals surface area contributed by atoms with Crippen LogP contribution in [0.4, 0.5) is 0 Å². The second-order valence-corrected chi connectivity index (χ2v) is 6.79. The Bertz CT molecular complexity index is 260. The van der Waals surface area contributed by atoms with E-state index in [4.69, 9.17) is 14.6 Å². The lowest BCUT2D eigenvalue weighted by atomic mass is 10.0. The van der Waals surface area contributed by atoms with Gasteiger partial charge in [-0.2, -0.15) is 0 Å². The van der Waals surface area contributed by atoms with Gasteiger partial charge in [-0.05, 0) is 46.0 Å². The van der Waals surface area contributed by atoms with Crippen LogP contribution in [-0.4, -0.2) is 31.2 Å². The molecule has 3 heteroatoms. The van der Waals surface area contributed by atoms with E-state index in [0.717, 1.165) is 26.1 Å². The Kier molecular flexibility index (Phi) is 21.3. The molecule has 0 aliphatic rings. The van der Waals surface area contributed by atoms with Crippen molar-refractivity contribution in [2.75, 3.05) is 19.8 Å². The molecule has 0 rings (SSSR count). The fourth-order valence-corrected chi connectivity index (χ4v) is 3.06. The Morgan fingerprint density at radius 3 is 1.56 bits per heavy atom. The lowest BCUT2D eigenvalue weighted by molar-refractivity contribution is -0.140. The third kappa shape index (κ3) is 19.8. The number of rotatable bonds is 20. The first-order valence-electron chi connectivity index (χ1n) is 10.8. The summed E-state index contributed by atoms with van der Waals surface area (Å²) in [6, 6.07) is 0. The van der Waals surface area contributed by atoms with Gasteiger partial charge in [0.25, 0.3) is 0 Å². The SMILES string of the molecule is CCOC(CCCCCCCCCCCCC/C=C/CCO)OCC. The van der Waals surface area contributed by atoms with E-state index in [-0.39, 0.29) is 12.9 Å². The molecule has 0 heterocycles. The van der Waals surface area contributed by atoms with Gasteiger partial charge in [0, 0.05) is 19.8 Å². The van der Waals surface area contributed by atoms with E-state index in [1.54, 1.807) is 0 Å². The molecule has 0 saturated carbocycles. The minimum Gasteiger partial charge on any atom is -0.396 e. The van der Waals surface area contributed by atoms with Gasteiger partial charge in [0.2, 0.25) is 0 Å². The van der Waals surface area contributed by atoms with E-state index < -0.39 is 0 Å². The number of aliphatic hydroxyl groups is 1. The molecule has 25 heavy (non-hydrogen) atoms. The van der Waals surface area contributed by atoms with E-state index in [9.17, 15) is 0 Å². The number of allylic oxidation sites excluding steroid dienone is 1. The molecule has 0 saturated heterocycles. The van der Waals surface area contributed by atoms with Crippen molar-refractivity contribution in [1.82, 2.24) is 0 Å². The summed E-state index contributed by atoms with van der Waals surface area (Å²) >= 11 is 0. The molecule has 0 bridgehead atoms. The van der Waals surface area contributed by atoms with Gasteiger partial charge in [-0.1, -0.05) is 69.9 Å². The largest absolute Gasteiger partial charge is 0.396 e. The van der Waals surface area contributed by atoms with Gasteiger partial charge in [0.1, 0.15) is 0 Å². The smallest absolute Gasteiger partial charge is 0.157 e. The zero-order chi connectivity index (χ0) is 18.4. The third-order valence-corrected chi connectivity index (χ3v) is 4.48. The van der Waals surface area contributed by atoms with Gasteiger partial charge in [-0.15, -0.1) is 0 Å². The van der Waals surface area contributed by atoms with Crippen molar-refractivity contribution in [3.63, 3.8) is 0 Å². The second-order valence-electron chi connectivity index (χ2n) is 6.79. The first-order chi connectivity index (χ1) is 12.3. The van der Waals surface area contributed by atoms with Crippen molar-refractivity contribution < 1.29 is 14.6 Å². The van der Waals surface area contributed by atoms with Crippen molar-refractivity contribution in [3.8, 4) is 0 Å². The fraction of sp³-hybridized carbons (Fsp3) is 0.909. The van der Waals surface area contributed by atoms with E-state index in [0.29, 0.717) is 0 Å². The van der Waals surface area contributed by atoms with E-state index in [1.807, 2.05) is 13.8 Å². The molecule has 0 amide bonds. The summed E-state index contributed by atoms with van der Waals surface area (Å²) in [5, 5.41) is 8.67. The van der Waals surface area contributed by atoms with Crippen molar-refractivity contribution >= 4 is 0 Å². The molecule has 150 valence electrons. The van der Waals surface area contributed by atoms with Gasteiger partial charge in [-0.3, -0.25) is 0 Å². The fourth-order valence-electron chi connectivity index (χ4n) is 3.06. The summed E-state index contributed by atoms with van der Waals surface area (Å²) in [6.45, 7) is 5.82. The average Bonchev–Trinajstić information content (AvgIpc) is 2.61. The normalized spacial score (nSPS) is 11.8. The standard InChI is InChI=1S/C22H44O3/c1-3-24-22(25-4-2)20-18-16-14-12-10-8-6-5-7-9-11-13-15-17-19-21-23/h15,17,22-23H,3-14,16,18-21H2,1-2H3/b17-15+. The van der Waals surface area contributed by atoms with Crippen molar-refractivity contribution in [2.24, 2.45) is 0 Å². The maximum Gasteiger partial charge on any atom is 0.157 e. The van der Waals surface area contributed by atoms with Gasteiger partial charge in [-0.25, -0.2) is 0 Å². The van der Waals surface area contributed by atoms with Crippen molar-refractivity contribution in [1.29, 1.82) is 0 Å². The lowest BCUT2D eigenvalue weighted by Gasteiger charge is -2.16. The van der Waals surface area contributed by atoms with Crippen LogP contribution in [0.5, 0.6) is 0 Å². The van der Waals surface area contributed by atoms with Gasteiger partial charge >= 0.3 is 0 Å². The molecule has 0 spiro atoms. The Morgan fingerprint density at radius 2 is 1.08 bits per heavy atom. The highest BCUT2D eigenvalue weighted by Gasteiger charge is 2.06. The van der Waals surface area contributed by atoms with Crippen LogP contribution in [0.3, 0.4) is 0 Å². The molecule has 0 aliphatic carbocycles. The number of hydrogen-bond acceptors (Lipinski definition) is 3. The van der Waals surface area contributed by atoms with E-state index in [1.165, 1.54) is 77.0 Å². The highest BCUT2D eigenvalue weighted by Crippen LogP contribution is 2.14. The molecular formula is C22H44O3. The number of ether oxygens (including phenoxy) is 2. The van der Waals surface area contributed by atoms with Gasteiger partial charge in [0.05, 0.1) is 0 Å². The van der Waals surface area contributed by atoms with Crippen molar-refractivity contribution in [3.05, 3.63) is 12.2 Å². The average molecular weight is 357 g/mol. The van der Waals surface area contributed by atoms with Crippen LogP contribution < -0.4 is 0 Å². The Balaban J connectivity index is 3.18. The molecule has 0 unspecified atom stereocenters. The van der Waals surface area contributed by atoms with Crippen LogP contribution in [0, 0.1) is 0 Å². The van der Waals surface area contributed by atoms with Crippen LogP contribution in [-0.2, 0) is 9.47 Å². The zero-order valence-corrected chi connectivity index (χ0v) is 17.0. The summed E-state index contributed by atoms with van der Waals surface area (Å²) in [6.07, 6.45) is 22.2. The molecule has 0 atom stereocenters. The molecule has 0 aromatic carbocycles.